The van der Waals surface area contributed by atoms with Gasteiger partial charge in [0.25, 0.3) is 5.91 Å². The number of rotatable bonds is 6. The lowest BCUT2D eigenvalue weighted by Crippen LogP contribution is -2.34. The molecule has 1 aliphatic heterocycles. The molecule has 3 rings (SSSR count). The van der Waals surface area contributed by atoms with E-state index in [0.29, 0.717) is 16.7 Å². The van der Waals surface area contributed by atoms with Gasteiger partial charge in [-0.2, -0.15) is 8.78 Å². The quantitative estimate of drug-likeness (QED) is 0.515. The van der Waals surface area contributed by atoms with Gasteiger partial charge in [-0.15, -0.1) is 0 Å². The highest BCUT2D eigenvalue weighted by Crippen LogP contribution is 2.31. The van der Waals surface area contributed by atoms with Crippen LogP contribution in [0.15, 0.2) is 24.5 Å². The predicted molar refractivity (Wildman–Crippen MR) is 88.5 cm³/mol. The van der Waals surface area contributed by atoms with Crippen LogP contribution in [0.4, 0.5) is 17.6 Å². The summed E-state index contributed by atoms with van der Waals surface area (Å²) < 4.78 is 54.7. The third kappa shape index (κ3) is 4.08. The van der Waals surface area contributed by atoms with Crippen LogP contribution in [0.5, 0.6) is 5.88 Å². The Morgan fingerprint density at radius 2 is 2.04 bits per heavy atom. The molecule has 144 valence electrons. The van der Waals surface area contributed by atoms with Crippen molar-refractivity contribution in [1.82, 2.24) is 14.9 Å². The summed E-state index contributed by atoms with van der Waals surface area (Å²) in [6, 6.07) is 2.93. The van der Waals surface area contributed by atoms with E-state index in [9.17, 15) is 22.4 Å². The molecular weight excluding hydrogens is 413 g/mol. The van der Waals surface area contributed by atoms with E-state index in [4.69, 9.17) is 23.2 Å². The second-order valence-electron chi connectivity index (χ2n) is 5.77. The molecule has 5 nitrogen and oxygen atoms in total. The maximum Gasteiger partial charge on any atom is 0.340 e. The van der Waals surface area contributed by atoms with E-state index >= 15 is 0 Å². The molecule has 11 heteroatoms. The number of hydrogen-bond acceptors (Lipinski definition) is 4. The van der Waals surface area contributed by atoms with Crippen LogP contribution in [0, 0.1) is 0 Å². The van der Waals surface area contributed by atoms with E-state index in [1.807, 2.05) is 0 Å². The molecule has 0 aliphatic carbocycles. The van der Waals surface area contributed by atoms with Gasteiger partial charge in [0.05, 0.1) is 6.54 Å². The Balaban J connectivity index is 1.69. The lowest BCUT2D eigenvalue weighted by Gasteiger charge is -2.17. The molecule has 1 amide bonds. The predicted octanol–water partition coefficient (Wildman–Crippen LogP) is 4.22. The first-order valence-corrected chi connectivity index (χ1v) is 8.30. The number of alkyl halides is 4. The fraction of sp³-hybridized carbons (Fsp3) is 0.312. The van der Waals surface area contributed by atoms with Gasteiger partial charge < -0.3 is 9.64 Å². The first kappa shape index (κ1) is 19.6. The normalized spacial score (nSPS) is 14.0. The third-order valence-electron chi connectivity index (χ3n) is 3.83. The Morgan fingerprint density at radius 1 is 1.30 bits per heavy atom. The van der Waals surface area contributed by atoms with Crippen LogP contribution in [0.25, 0.3) is 0 Å². The zero-order valence-electron chi connectivity index (χ0n) is 13.4. The van der Waals surface area contributed by atoms with E-state index < -0.39 is 24.8 Å². The summed E-state index contributed by atoms with van der Waals surface area (Å²) in [5, 5.41) is 0.102. The zero-order valence-corrected chi connectivity index (χ0v) is 14.9. The van der Waals surface area contributed by atoms with E-state index in [2.05, 4.69) is 14.7 Å². The topological polar surface area (TPSA) is 55.3 Å². The standard InChI is InChI=1S/C16H11Cl2F4N3O2/c17-11-3-8(4-24-13(11)27-7-16(21,22)15(19)20)5-25-6-10-9(14(25)26)1-2-23-12(10)18/h1-4,15H,5-7H2. The number of nitrogens with zero attached hydrogens (tertiary/aromatic N) is 3. The van der Waals surface area contributed by atoms with Crippen LogP contribution >= 0.6 is 23.2 Å². The number of ether oxygens (including phenoxy) is 1. The maximum atomic E-state index is 12.9. The van der Waals surface area contributed by atoms with Gasteiger partial charge in [-0.3, -0.25) is 4.79 Å². The van der Waals surface area contributed by atoms with E-state index in [-0.39, 0.29) is 29.2 Å². The molecule has 0 radical (unpaired) electrons. The van der Waals surface area contributed by atoms with Crippen molar-refractivity contribution in [3.8, 4) is 5.88 Å². The van der Waals surface area contributed by atoms with Crippen LogP contribution in [-0.2, 0) is 13.1 Å². The van der Waals surface area contributed by atoms with Crippen LogP contribution in [0.2, 0.25) is 10.2 Å². The molecule has 2 aromatic heterocycles. The largest absolute Gasteiger partial charge is 0.470 e. The number of amides is 1. The van der Waals surface area contributed by atoms with Gasteiger partial charge in [0.15, 0.2) is 6.61 Å². The van der Waals surface area contributed by atoms with Gasteiger partial charge in [0.2, 0.25) is 5.88 Å². The minimum absolute atomic E-state index is 0.129. The number of carbonyl (C=O) groups is 1. The lowest BCUT2D eigenvalue weighted by molar-refractivity contribution is -0.148. The van der Waals surface area contributed by atoms with Crippen molar-refractivity contribution >= 4 is 29.1 Å². The molecule has 0 fully saturated rings. The number of aromatic nitrogens is 2. The van der Waals surface area contributed by atoms with Gasteiger partial charge in [0, 0.05) is 30.1 Å². The molecule has 0 aromatic carbocycles. The summed E-state index contributed by atoms with van der Waals surface area (Å²) in [6.07, 6.45) is -1.17. The van der Waals surface area contributed by atoms with E-state index in [0.717, 1.165) is 0 Å². The van der Waals surface area contributed by atoms with E-state index in [1.165, 1.54) is 23.4 Å². The molecule has 0 N–H and O–H groups in total. The molecule has 0 saturated carbocycles. The van der Waals surface area contributed by atoms with Crippen LogP contribution < -0.4 is 4.74 Å². The Labute approximate surface area is 160 Å². The average molecular weight is 424 g/mol. The van der Waals surface area contributed by atoms with Crippen molar-refractivity contribution in [2.75, 3.05) is 6.61 Å². The minimum atomic E-state index is -4.31. The number of fused-ring (bicyclic) bond motifs is 1. The van der Waals surface area contributed by atoms with Crippen LogP contribution in [-0.4, -0.2) is 39.7 Å². The smallest absolute Gasteiger partial charge is 0.340 e. The first-order chi connectivity index (χ1) is 12.7. The van der Waals surface area contributed by atoms with E-state index in [1.54, 1.807) is 6.07 Å². The number of halogens is 6. The van der Waals surface area contributed by atoms with Crippen molar-refractivity contribution in [1.29, 1.82) is 0 Å². The Kier molecular flexibility index (Phi) is 5.43. The highest BCUT2D eigenvalue weighted by molar-refractivity contribution is 6.32. The number of hydrogen-bond donors (Lipinski definition) is 0. The van der Waals surface area contributed by atoms with Crippen LogP contribution in [0.3, 0.4) is 0 Å². The zero-order chi connectivity index (χ0) is 19.8. The summed E-state index contributed by atoms with van der Waals surface area (Å²) >= 11 is 11.9. The maximum absolute atomic E-state index is 12.9. The monoisotopic (exact) mass is 423 g/mol. The fourth-order valence-corrected chi connectivity index (χ4v) is 2.95. The average Bonchev–Trinajstić information content (AvgIpc) is 2.92. The van der Waals surface area contributed by atoms with Gasteiger partial charge in [-0.05, 0) is 17.7 Å². The third-order valence-corrected chi connectivity index (χ3v) is 4.42. The Hall–Kier alpha value is -2.13. The van der Waals surface area contributed by atoms with Gasteiger partial charge in [-0.25, -0.2) is 18.7 Å². The molecule has 3 heterocycles. The van der Waals surface area contributed by atoms with Crippen molar-refractivity contribution in [2.45, 2.75) is 25.4 Å². The van der Waals surface area contributed by atoms with Crippen molar-refractivity contribution in [2.24, 2.45) is 0 Å². The van der Waals surface area contributed by atoms with Gasteiger partial charge in [-0.1, -0.05) is 23.2 Å². The molecule has 0 bridgehead atoms. The molecule has 27 heavy (non-hydrogen) atoms. The summed E-state index contributed by atoms with van der Waals surface area (Å²) in [5.74, 6) is -4.96. The lowest BCUT2D eigenvalue weighted by atomic mass is 10.2. The van der Waals surface area contributed by atoms with Crippen LogP contribution in [0.1, 0.15) is 21.5 Å². The number of pyridine rings is 2. The highest BCUT2D eigenvalue weighted by atomic mass is 35.5. The molecular formula is C16H11Cl2F4N3O2. The number of carbonyl (C=O) groups excluding carboxylic acids is 1. The Bertz CT molecular complexity index is 883. The highest BCUT2D eigenvalue weighted by Gasteiger charge is 2.42. The summed E-state index contributed by atoms with van der Waals surface area (Å²) in [4.78, 5) is 21.6. The fourth-order valence-electron chi connectivity index (χ4n) is 2.48. The summed E-state index contributed by atoms with van der Waals surface area (Å²) in [5.41, 5.74) is 1.55. The Morgan fingerprint density at radius 3 is 2.67 bits per heavy atom. The van der Waals surface area contributed by atoms with Crippen molar-refractivity contribution in [3.05, 3.63) is 51.4 Å². The van der Waals surface area contributed by atoms with Crippen molar-refractivity contribution < 1.29 is 27.1 Å². The first-order valence-electron chi connectivity index (χ1n) is 7.55. The molecule has 0 spiro atoms. The molecule has 0 saturated heterocycles. The van der Waals surface area contributed by atoms with Gasteiger partial charge in [0.1, 0.15) is 10.2 Å². The summed E-state index contributed by atoms with van der Waals surface area (Å²) in [6.45, 7) is -1.18. The molecule has 2 aromatic rings. The summed E-state index contributed by atoms with van der Waals surface area (Å²) in [7, 11) is 0. The molecule has 1 aliphatic rings. The SMILES string of the molecule is O=C1c2ccnc(Cl)c2CN1Cc1cnc(OCC(F)(F)C(F)F)c(Cl)c1. The molecule has 0 unspecified atom stereocenters. The second kappa shape index (κ2) is 7.47. The van der Waals surface area contributed by atoms with Crippen molar-refractivity contribution in [3.63, 3.8) is 0 Å². The minimum Gasteiger partial charge on any atom is -0.470 e. The molecule has 0 atom stereocenters. The second-order valence-corrected chi connectivity index (χ2v) is 6.54. The van der Waals surface area contributed by atoms with Gasteiger partial charge >= 0.3 is 12.3 Å².